The van der Waals surface area contributed by atoms with Crippen LogP contribution in [0.2, 0.25) is 5.02 Å². The molecule has 154 valence electrons. The zero-order valence-corrected chi connectivity index (χ0v) is 17.7. The highest BCUT2D eigenvalue weighted by molar-refractivity contribution is 6.31. The van der Waals surface area contributed by atoms with Crippen LogP contribution in [0.1, 0.15) is 47.1 Å². The molecule has 4 nitrogen and oxygen atoms in total. The molecule has 0 saturated heterocycles. The van der Waals surface area contributed by atoms with Crippen LogP contribution in [-0.2, 0) is 5.41 Å². The molecule has 2 N–H and O–H groups in total. The van der Waals surface area contributed by atoms with Gasteiger partial charge in [0.25, 0.3) is 11.8 Å². The first-order chi connectivity index (χ1) is 14.1. The lowest BCUT2D eigenvalue weighted by Gasteiger charge is -2.19. The van der Waals surface area contributed by atoms with Crippen molar-refractivity contribution in [2.24, 2.45) is 0 Å². The van der Waals surface area contributed by atoms with E-state index < -0.39 is 11.7 Å². The second-order valence-corrected chi connectivity index (χ2v) is 8.35. The average molecular weight is 425 g/mol. The number of hydrogen-bond acceptors (Lipinski definition) is 2. The molecule has 0 aromatic heterocycles. The smallest absolute Gasteiger partial charge is 0.255 e. The second-order valence-electron chi connectivity index (χ2n) is 7.95. The molecule has 0 atom stereocenters. The number of benzene rings is 3. The molecule has 3 aromatic carbocycles. The Balaban J connectivity index is 1.71. The summed E-state index contributed by atoms with van der Waals surface area (Å²) in [6, 6.07) is 17.9. The minimum absolute atomic E-state index is 0.00541. The van der Waals surface area contributed by atoms with Gasteiger partial charge in [-0.15, -0.1) is 0 Å². The van der Waals surface area contributed by atoms with Crippen molar-refractivity contribution in [2.45, 2.75) is 26.2 Å². The van der Waals surface area contributed by atoms with Crippen molar-refractivity contribution in [1.82, 2.24) is 0 Å². The predicted octanol–water partition coefficient (Wildman–Crippen LogP) is 6.28. The zero-order chi connectivity index (χ0) is 21.9. The molecule has 0 bridgehead atoms. The van der Waals surface area contributed by atoms with Gasteiger partial charge in [0.05, 0.1) is 5.02 Å². The minimum Gasteiger partial charge on any atom is -0.322 e. The van der Waals surface area contributed by atoms with E-state index in [1.54, 1.807) is 36.4 Å². The lowest BCUT2D eigenvalue weighted by Crippen LogP contribution is -2.15. The van der Waals surface area contributed by atoms with Crippen LogP contribution in [-0.4, -0.2) is 11.8 Å². The molecule has 30 heavy (non-hydrogen) atoms. The molecule has 0 saturated carbocycles. The Morgan fingerprint density at radius 3 is 2.00 bits per heavy atom. The number of anilines is 2. The van der Waals surface area contributed by atoms with E-state index >= 15 is 0 Å². The quantitative estimate of drug-likeness (QED) is 0.517. The van der Waals surface area contributed by atoms with Gasteiger partial charge in [0.15, 0.2) is 0 Å². The fourth-order valence-corrected chi connectivity index (χ4v) is 3.02. The van der Waals surface area contributed by atoms with Gasteiger partial charge < -0.3 is 10.6 Å². The fraction of sp³-hybridized carbons (Fsp3) is 0.167. The summed E-state index contributed by atoms with van der Waals surface area (Å²) >= 11 is 5.74. The number of hydrogen-bond donors (Lipinski definition) is 2. The van der Waals surface area contributed by atoms with Crippen LogP contribution in [0.25, 0.3) is 0 Å². The molecule has 0 radical (unpaired) electrons. The van der Waals surface area contributed by atoms with Crippen molar-refractivity contribution in [3.05, 3.63) is 94.3 Å². The van der Waals surface area contributed by atoms with Crippen LogP contribution in [0, 0.1) is 5.82 Å². The van der Waals surface area contributed by atoms with Gasteiger partial charge in [-0.3, -0.25) is 9.59 Å². The van der Waals surface area contributed by atoms with Crippen molar-refractivity contribution in [3.8, 4) is 0 Å². The highest BCUT2D eigenvalue weighted by Crippen LogP contribution is 2.23. The maximum Gasteiger partial charge on any atom is 0.255 e. The van der Waals surface area contributed by atoms with Crippen molar-refractivity contribution in [3.63, 3.8) is 0 Å². The Kier molecular flexibility index (Phi) is 6.22. The van der Waals surface area contributed by atoms with Crippen LogP contribution < -0.4 is 10.6 Å². The summed E-state index contributed by atoms with van der Waals surface area (Å²) in [5, 5.41) is 5.38. The molecule has 3 rings (SSSR count). The van der Waals surface area contributed by atoms with Crippen LogP contribution in [0.15, 0.2) is 66.7 Å². The third-order valence-electron chi connectivity index (χ3n) is 4.57. The van der Waals surface area contributed by atoms with E-state index in [2.05, 4.69) is 31.4 Å². The third kappa shape index (κ3) is 5.24. The highest BCUT2D eigenvalue weighted by Gasteiger charge is 2.15. The Bertz CT molecular complexity index is 1090. The normalized spacial score (nSPS) is 11.1. The number of carbonyl (C=O) groups excluding carboxylic acids is 2. The van der Waals surface area contributed by atoms with Gasteiger partial charge in [0, 0.05) is 22.5 Å². The van der Waals surface area contributed by atoms with E-state index in [9.17, 15) is 14.0 Å². The maximum atomic E-state index is 13.3. The van der Waals surface area contributed by atoms with E-state index in [-0.39, 0.29) is 16.3 Å². The zero-order valence-electron chi connectivity index (χ0n) is 16.9. The number of rotatable bonds is 4. The summed E-state index contributed by atoms with van der Waals surface area (Å²) in [5.41, 5.74) is 2.88. The molecule has 0 fully saturated rings. The van der Waals surface area contributed by atoms with E-state index in [1.807, 2.05) is 12.1 Å². The maximum absolute atomic E-state index is 13.3. The van der Waals surface area contributed by atoms with Gasteiger partial charge in [-0.25, -0.2) is 4.39 Å². The molecule has 0 unspecified atom stereocenters. The SMILES string of the molecule is CC(C)(C)c1ccc(C(=O)Nc2cccc(C(=O)Nc3ccc(F)c(Cl)c3)c2)cc1. The molecule has 3 aromatic rings. The fourth-order valence-electron chi connectivity index (χ4n) is 2.84. The van der Waals surface area contributed by atoms with Gasteiger partial charge in [0.1, 0.15) is 5.82 Å². The highest BCUT2D eigenvalue weighted by atomic mass is 35.5. The largest absolute Gasteiger partial charge is 0.322 e. The molecule has 0 aliphatic rings. The molecule has 0 aliphatic heterocycles. The predicted molar refractivity (Wildman–Crippen MR) is 119 cm³/mol. The van der Waals surface area contributed by atoms with Crippen LogP contribution in [0.5, 0.6) is 0 Å². The Morgan fingerprint density at radius 2 is 1.40 bits per heavy atom. The monoisotopic (exact) mass is 424 g/mol. The number of nitrogens with one attached hydrogen (secondary N) is 2. The molecule has 0 spiro atoms. The second kappa shape index (κ2) is 8.67. The Morgan fingerprint density at radius 1 is 0.800 bits per heavy atom. The summed E-state index contributed by atoms with van der Waals surface area (Å²) in [5.74, 6) is -1.23. The van der Waals surface area contributed by atoms with Crippen molar-refractivity contribution < 1.29 is 14.0 Å². The lowest BCUT2D eigenvalue weighted by molar-refractivity contribution is 0.101. The number of carbonyl (C=O) groups is 2. The standard InChI is InChI=1S/C24H22ClFN2O2/c1-24(2,3)17-9-7-15(8-10-17)22(29)27-18-6-4-5-16(13-18)23(30)28-19-11-12-21(26)20(25)14-19/h4-14H,1-3H3,(H,27,29)(H,28,30). The van der Waals surface area contributed by atoms with Gasteiger partial charge in [0.2, 0.25) is 0 Å². The van der Waals surface area contributed by atoms with Gasteiger partial charge in [-0.05, 0) is 59.5 Å². The molecule has 0 heterocycles. The van der Waals surface area contributed by atoms with Crippen molar-refractivity contribution in [1.29, 1.82) is 0 Å². The van der Waals surface area contributed by atoms with Crippen molar-refractivity contribution in [2.75, 3.05) is 10.6 Å². The van der Waals surface area contributed by atoms with Gasteiger partial charge in [-0.1, -0.05) is 50.6 Å². The van der Waals surface area contributed by atoms with Crippen LogP contribution >= 0.6 is 11.6 Å². The molecular weight excluding hydrogens is 403 g/mol. The van der Waals surface area contributed by atoms with E-state index in [0.717, 1.165) is 5.56 Å². The first-order valence-corrected chi connectivity index (χ1v) is 9.79. The molecule has 6 heteroatoms. The molecular formula is C24H22ClFN2O2. The summed E-state index contributed by atoms with van der Waals surface area (Å²) in [7, 11) is 0. The van der Waals surface area contributed by atoms with Crippen LogP contribution in [0.4, 0.5) is 15.8 Å². The summed E-state index contributed by atoms with van der Waals surface area (Å²) in [6.07, 6.45) is 0. The first kappa shape index (κ1) is 21.5. The Hall–Kier alpha value is -3.18. The minimum atomic E-state index is -0.560. The summed E-state index contributed by atoms with van der Waals surface area (Å²) < 4.78 is 13.3. The van der Waals surface area contributed by atoms with E-state index in [4.69, 9.17) is 11.6 Å². The summed E-state index contributed by atoms with van der Waals surface area (Å²) in [6.45, 7) is 6.33. The van der Waals surface area contributed by atoms with Gasteiger partial charge in [-0.2, -0.15) is 0 Å². The third-order valence-corrected chi connectivity index (χ3v) is 4.86. The van der Waals surface area contributed by atoms with E-state index in [0.29, 0.717) is 22.5 Å². The number of halogens is 2. The summed E-state index contributed by atoms with van der Waals surface area (Å²) in [4.78, 5) is 25.0. The van der Waals surface area contributed by atoms with Crippen LogP contribution in [0.3, 0.4) is 0 Å². The Labute approximate surface area is 180 Å². The number of amides is 2. The van der Waals surface area contributed by atoms with Crippen molar-refractivity contribution >= 4 is 34.8 Å². The lowest BCUT2D eigenvalue weighted by atomic mass is 9.87. The average Bonchev–Trinajstić information content (AvgIpc) is 2.70. The topological polar surface area (TPSA) is 58.2 Å². The first-order valence-electron chi connectivity index (χ1n) is 9.42. The van der Waals surface area contributed by atoms with E-state index in [1.165, 1.54) is 18.2 Å². The van der Waals surface area contributed by atoms with Gasteiger partial charge >= 0.3 is 0 Å². The molecule has 0 aliphatic carbocycles. The molecule has 2 amide bonds.